The highest BCUT2D eigenvalue weighted by molar-refractivity contribution is 5.30. The lowest BCUT2D eigenvalue weighted by atomic mass is 9.91. The van der Waals surface area contributed by atoms with Crippen LogP contribution in [-0.2, 0) is 12.7 Å². The van der Waals surface area contributed by atoms with Crippen molar-refractivity contribution in [1.82, 2.24) is 10.2 Å². The molecule has 1 N–H and O–H groups in total. The maximum atomic E-state index is 13.2. The molecule has 3 fully saturated rings. The number of nitrogens with zero attached hydrogens (tertiary/aromatic N) is 1. The van der Waals surface area contributed by atoms with Crippen molar-refractivity contribution in [2.75, 3.05) is 13.1 Å². The lowest BCUT2D eigenvalue weighted by molar-refractivity contribution is -0.138. The average Bonchev–Trinajstić information content (AvgIpc) is 2.26. The second-order valence-corrected chi connectivity index (χ2v) is 5.29. The number of halogens is 4. The van der Waals surface area contributed by atoms with Gasteiger partial charge in [-0.15, -0.1) is 0 Å². The van der Waals surface area contributed by atoms with Crippen molar-refractivity contribution >= 4 is 0 Å². The van der Waals surface area contributed by atoms with Crippen molar-refractivity contribution in [3.8, 4) is 0 Å². The van der Waals surface area contributed by atoms with Crippen LogP contribution in [0.5, 0.6) is 0 Å². The molecule has 1 aromatic rings. The van der Waals surface area contributed by atoms with E-state index in [0.717, 1.165) is 37.7 Å². The fraction of sp³-hybridized carbons (Fsp3) is 0.538. The number of piperidine rings is 1. The maximum absolute atomic E-state index is 13.2. The number of hydrogen-bond donors (Lipinski definition) is 1. The van der Waals surface area contributed by atoms with Gasteiger partial charge in [0.15, 0.2) is 0 Å². The van der Waals surface area contributed by atoms with Crippen molar-refractivity contribution < 1.29 is 17.6 Å². The van der Waals surface area contributed by atoms with Gasteiger partial charge in [0.25, 0.3) is 0 Å². The van der Waals surface area contributed by atoms with Crippen LogP contribution in [-0.4, -0.2) is 30.1 Å². The highest BCUT2D eigenvalue weighted by atomic mass is 19.4. The van der Waals surface area contributed by atoms with Crippen molar-refractivity contribution in [3.63, 3.8) is 0 Å². The normalized spacial score (nSPS) is 27.2. The minimum atomic E-state index is -4.43. The fourth-order valence-electron chi connectivity index (χ4n) is 2.94. The van der Waals surface area contributed by atoms with Gasteiger partial charge in [-0.05, 0) is 30.2 Å². The molecular formula is C13H14F4N2. The number of fused-ring (bicyclic) bond motifs is 2. The Bertz CT molecular complexity index is 470. The van der Waals surface area contributed by atoms with Gasteiger partial charge in [0, 0.05) is 31.7 Å². The summed E-state index contributed by atoms with van der Waals surface area (Å²) in [4.78, 5) is 1.96. The average molecular weight is 274 g/mol. The largest absolute Gasteiger partial charge is 0.416 e. The molecule has 0 saturated carbocycles. The summed E-state index contributed by atoms with van der Waals surface area (Å²) in [6, 6.07) is 3.44. The first-order valence-corrected chi connectivity index (χ1v) is 6.26. The third-order valence-electron chi connectivity index (χ3n) is 3.76. The Balaban J connectivity index is 1.81. The predicted molar refractivity (Wildman–Crippen MR) is 62.0 cm³/mol. The first-order valence-electron chi connectivity index (χ1n) is 6.26. The Morgan fingerprint density at radius 2 is 1.84 bits per heavy atom. The van der Waals surface area contributed by atoms with E-state index in [1.165, 1.54) is 0 Å². The summed E-state index contributed by atoms with van der Waals surface area (Å²) in [5, 5.41) is 3.31. The van der Waals surface area contributed by atoms with E-state index >= 15 is 0 Å². The van der Waals surface area contributed by atoms with E-state index in [-0.39, 0.29) is 12.1 Å². The Labute approximate surface area is 108 Å². The number of alkyl halides is 3. The Morgan fingerprint density at radius 3 is 2.42 bits per heavy atom. The smallest absolute Gasteiger partial charge is 0.309 e. The fourth-order valence-corrected chi connectivity index (χ4v) is 2.94. The van der Waals surface area contributed by atoms with Crippen LogP contribution in [0.4, 0.5) is 17.6 Å². The molecule has 0 aliphatic carbocycles. The Hall–Kier alpha value is -1.14. The SMILES string of the molecule is Fc1ccc(C(F)(F)F)c(CN2CC3CC(C2)N3)c1. The number of piperazine rings is 1. The number of nitrogens with one attached hydrogen (secondary N) is 1. The molecule has 3 saturated heterocycles. The molecule has 19 heavy (non-hydrogen) atoms. The predicted octanol–water partition coefficient (Wildman–Crippen LogP) is 2.39. The summed E-state index contributed by atoms with van der Waals surface area (Å²) in [5.41, 5.74) is -0.713. The van der Waals surface area contributed by atoms with Gasteiger partial charge in [0.2, 0.25) is 0 Å². The molecule has 3 heterocycles. The van der Waals surface area contributed by atoms with Crippen LogP contribution in [0, 0.1) is 5.82 Å². The maximum Gasteiger partial charge on any atom is 0.416 e. The van der Waals surface area contributed by atoms with Gasteiger partial charge in [-0.1, -0.05) is 0 Å². The van der Waals surface area contributed by atoms with Gasteiger partial charge < -0.3 is 5.32 Å². The zero-order chi connectivity index (χ0) is 13.6. The quantitative estimate of drug-likeness (QED) is 0.833. The van der Waals surface area contributed by atoms with Crippen molar-refractivity contribution in [1.29, 1.82) is 0 Å². The highest BCUT2D eigenvalue weighted by Gasteiger charge is 2.38. The molecule has 104 valence electrons. The van der Waals surface area contributed by atoms with E-state index in [4.69, 9.17) is 0 Å². The molecule has 0 radical (unpaired) electrons. The minimum absolute atomic E-state index is 0.0220. The molecule has 6 heteroatoms. The molecule has 1 aromatic carbocycles. The second-order valence-electron chi connectivity index (χ2n) is 5.29. The molecular weight excluding hydrogens is 260 g/mol. The number of benzene rings is 1. The van der Waals surface area contributed by atoms with Crippen molar-refractivity contribution in [2.24, 2.45) is 0 Å². The molecule has 3 aliphatic rings. The third kappa shape index (κ3) is 2.60. The van der Waals surface area contributed by atoms with E-state index in [1.807, 2.05) is 4.90 Å². The summed E-state index contributed by atoms with van der Waals surface area (Å²) in [7, 11) is 0. The monoisotopic (exact) mass is 274 g/mol. The topological polar surface area (TPSA) is 15.3 Å². The first kappa shape index (κ1) is 12.9. The standard InChI is InChI=1S/C13H14F4N2/c14-9-1-2-12(13(15,16)17)8(3-9)5-19-6-10-4-11(7-19)18-10/h1-3,10-11,18H,4-7H2. The summed E-state index contributed by atoms with van der Waals surface area (Å²) >= 11 is 0. The van der Waals surface area contributed by atoms with Crippen LogP contribution in [0.25, 0.3) is 0 Å². The molecule has 2 unspecified atom stereocenters. The lowest BCUT2D eigenvalue weighted by Crippen LogP contribution is -2.66. The molecule has 2 atom stereocenters. The Morgan fingerprint density at radius 1 is 1.21 bits per heavy atom. The van der Waals surface area contributed by atoms with Gasteiger partial charge in [-0.3, -0.25) is 4.90 Å². The van der Waals surface area contributed by atoms with Gasteiger partial charge in [-0.25, -0.2) is 4.39 Å². The molecule has 0 amide bonds. The first-order chi connectivity index (χ1) is 8.91. The number of hydrogen-bond acceptors (Lipinski definition) is 2. The highest BCUT2D eigenvalue weighted by Crippen LogP contribution is 2.33. The summed E-state index contributed by atoms with van der Waals surface area (Å²) in [5.74, 6) is -0.622. The van der Waals surface area contributed by atoms with E-state index in [0.29, 0.717) is 12.1 Å². The van der Waals surface area contributed by atoms with Gasteiger partial charge in [0.1, 0.15) is 5.82 Å². The lowest BCUT2D eigenvalue weighted by Gasteiger charge is -2.48. The van der Waals surface area contributed by atoms with Crippen LogP contribution < -0.4 is 5.32 Å². The number of rotatable bonds is 2. The van der Waals surface area contributed by atoms with Crippen LogP contribution in [0.15, 0.2) is 18.2 Å². The zero-order valence-corrected chi connectivity index (χ0v) is 10.2. The van der Waals surface area contributed by atoms with Gasteiger partial charge in [-0.2, -0.15) is 13.2 Å². The van der Waals surface area contributed by atoms with Crippen molar-refractivity contribution in [2.45, 2.75) is 31.2 Å². The Kier molecular flexibility index (Phi) is 3.02. The van der Waals surface area contributed by atoms with Crippen molar-refractivity contribution in [3.05, 3.63) is 35.1 Å². The van der Waals surface area contributed by atoms with Crippen LogP contribution >= 0.6 is 0 Å². The summed E-state index contributed by atoms with van der Waals surface area (Å²) < 4.78 is 51.8. The molecule has 2 nitrogen and oxygen atoms in total. The van der Waals surface area contributed by atoms with E-state index < -0.39 is 17.6 Å². The van der Waals surface area contributed by atoms with Crippen LogP contribution in [0.2, 0.25) is 0 Å². The second kappa shape index (κ2) is 4.45. The molecule has 2 bridgehead atoms. The summed E-state index contributed by atoms with van der Waals surface area (Å²) in [6.07, 6.45) is -3.34. The van der Waals surface area contributed by atoms with E-state index in [9.17, 15) is 17.6 Å². The molecule has 4 rings (SSSR count). The van der Waals surface area contributed by atoms with Crippen LogP contribution in [0.1, 0.15) is 17.5 Å². The molecule has 3 aliphatic heterocycles. The molecule has 0 spiro atoms. The summed E-state index contributed by atoms with van der Waals surface area (Å²) in [6.45, 7) is 1.61. The third-order valence-corrected chi connectivity index (χ3v) is 3.76. The van der Waals surface area contributed by atoms with E-state index in [2.05, 4.69) is 5.32 Å². The minimum Gasteiger partial charge on any atom is -0.309 e. The van der Waals surface area contributed by atoms with Gasteiger partial charge in [0.05, 0.1) is 5.56 Å². The van der Waals surface area contributed by atoms with Gasteiger partial charge >= 0.3 is 6.18 Å². The van der Waals surface area contributed by atoms with Crippen LogP contribution in [0.3, 0.4) is 0 Å². The van der Waals surface area contributed by atoms with E-state index in [1.54, 1.807) is 0 Å². The molecule has 0 aromatic heterocycles. The zero-order valence-electron chi connectivity index (χ0n) is 10.2.